The van der Waals surface area contributed by atoms with Gasteiger partial charge in [-0.15, -0.1) is 0 Å². The van der Waals surface area contributed by atoms with Gasteiger partial charge in [0.1, 0.15) is 12.1 Å². The number of rotatable bonds is 5. The minimum atomic E-state index is -4.76. The molecule has 0 radical (unpaired) electrons. The Kier molecular flexibility index (Phi) is 5.45. The van der Waals surface area contributed by atoms with Gasteiger partial charge in [-0.2, -0.15) is 18.2 Å². The molecule has 0 bridgehead atoms. The van der Waals surface area contributed by atoms with Crippen LogP contribution >= 0.6 is 0 Å². The summed E-state index contributed by atoms with van der Waals surface area (Å²) >= 11 is 0. The largest absolute Gasteiger partial charge is 0.493 e. The first-order valence-corrected chi connectivity index (χ1v) is 8.25. The molecule has 2 atom stereocenters. The molecule has 1 aromatic heterocycles. The number of aromatic nitrogens is 2. The lowest BCUT2D eigenvalue weighted by molar-refractivity contribution is -0.145. The monoisotopic (exact) mass is 401 g/mol. The molecule has 28 heavy (non-hydrogen) atoms. The van der Waals surface area contributed by atoms with E-state index in [0.717, 1.165) is 0 Å². The summed E-state index contributed by atoms with van der Waals surface area (Å²) in [4.78, 5) is 18.8. The van der Waals surface area contributed by atoms with Gasteiger partial charge in [-0.1, -0.05) is 0 Å². The fourth-order valence-corrected chi connectivity index (χ4v) is 2.92. The van der Waals surface area contributed by atoms with E-state index in [0.29, 0.717) is 5.75 Å². The molecule has 2 heterocycles. The number of nitrogens with one attached hydrogen (secondary N) is 1. The van der Waals surface area contributed by atoms with Crippen molar-refractivity contribution in [1.82, 2.24) is 15.3 Å². The van der Waals surface area contributed by atoms with Crippen molar-refractivity contribution < 1.29 is 36.9 Å². The molecule has 0 spiro atoms. The van der Waals surface area contributed by atoms with Crippen LogP contribution in [0.5, 0.6) is 17.4 Å². The van der Waals surface area contributed by atoms with Crippen molar-refractivity contribution in [2.45, 2.75) is 24.7 Å². The van der Waals surface area contributed by atoms with E-state index < -0.39 is 30.1 Å². The number of ether oxygens (including phenoxy) is 4. The van der Waals surface area contributed by atoms with Gasteiger partial charge in [-0.3, -0.25) is 4.79 Å². The first kappa shape index (κ1) is 19.9. The Morgan fingerprint density at radius 1 is 1.14 bits per heavy atom. The number of hydrogen-bond acceptors (Lipinski definition) is 8. The van der Waals surface area contributed by atoms with Crippen molar-refractivity contribution in [2.75, 3.05) is 27.9 Å². The maximum absolute atomic E-state index is 13.2. The zero-order chi connectivity index (χ0) is 20.5. The number of carbonyl (C=O) groups is 1. The van der Waals surface area contributed by atoms with Crippen LogP contribution < -0.4 is 19.5 Å². The minimum Gasteiger partial charge on any atom is -0.493 e. The Bertz CT molecular complexity index is 890. The van der Waals surface area contributed by atoms with Crippen LogP contribution in [0, 0.1) is 0 Å². The second-order valence-corrected chi connectivity index (χ2v) is 6.03. The standard InChI is InChI=1S/C17H18F3N3O5/c1-25-12-5-9-10(6-13(12)26-2)22-16(17(18,19)20)23-14(9)28-8-4-11(21-7-8)15(24)27-3/h5-6,8,11,21H,4,7H2,1-3H3. The number of alkyl halides is 3. The van der Waals surface area contributed by atoms with Crippen LogP contribution in [0.3, 0.4) is 0 Å². The SMILES string of the molecule is COC(=O)C1CC(Oc2nc(C(F)(F)F)nc3cc(OC)c(OC)cc23)CN1. The van der Waals surface area contributed by atoms with Crippen molar-refractivity contribution in [3.8, 4) is 17.4 Å². The van der Waals surface area contributed by atoms with Crippen molar-refractivity contribution in [1.29, 1.82) is 0 Å². The van der Waals surface area contributed by atoms with Gasteiger partial charge in [0.15, 0.2) is 11.5 Å². The number of esters is 1. The molecule has 1 fully saturated rings. The van der Waals surface area contributed by atoms with Gasteiger partial charge in [0.2, 0.25) is 11.7 Å². The van der Waals surface area contributed by atoms with Crippen molar-refractivity contribution >= 4 is 16.9 Å². The molecule has 1 aromatic carbocycles. The second-order valence-electron chi connectivity index (χ2n) is 6.03. The zero-order valence-corrected chi connectivity index (χ0v) is 15.3. The van der Waals surface area contributed by atoms with E-state index in [-0.39, 0.29) is 35.5 Å². The Labute approximate surface area is 157 Å². The van der Waals surface area contributed by atoms with Crippen LogP contribution in [-0.4, -0.2) is 56.0 Å². The summed E-state index contributed by atoms with van der Waals surface area (Å²) in [5.74, 6) is -1.55. The summed E-state index contributed by atoms with van der Waals surface area (Å²) in [6.07, 6.45) is -5.11. The highest BCUT2D eigenvalue weighted by atomic mass is 19.4. The Morgan fingerprint density at radius 3 is 2.43 bits per heavy atom. The van der Waals surface area contributed by atoms with E-state index in [1.165, 1.54) is 33.5 Å². The van der Waals surface area contributed by atoms with Crippen LogP contribution in [0.25, 0.3) is 10.9 Å². The van der Waals surface area contributed by atoms with Crippen molar-refractivity contribution in [3.63, 3.8) is 0 Å². The smallest absolute Gasteiger partial charge is 0.451 e. The third-order valence-electron chi connectivity index (χ3n) is 4.27. The Balaban J connectivity index is 2.03. The highest BCUT2D eigenvalue weighted by Crippen LogP contribution is 2.37. The minimum absolute atomic E-state index is 0.00884. The number of methoxy groups -OCH3 is 3. The lowest BCUT2D eigenvalue weighted by Gasteiger charge is -2.17. The van der Waals surface area contributed by atoms with Gasteiger partial charge in [-0.25, -0.2) is 4.98 Å². The highest BCUT2D eigenvalue weighted by Gasteiger charge is 2.37. The maximum atomic E-state index is 13.2. The molecule has 0 amide bonds. The molecule has 152 valence electrons. The molecule has 0 saturated carbocycles. The average Bonchev–Trinajstić information content (AvgIpc) is 3.13. The van der Waals surface area contributed by atoms with Crippen molar-refractivity contribution in [2.24, 2.45) is 0 Å². The van der Waals surface area contributed by atoms with E-state index >= 15 is 0 Å². The number of carbonyl (C=O) groups excluding carboxylic acids is 1. The molecular formula is C17H18F3N3O5. The zero-order valence-electron chi connectivity index (χ0n) is 15.3. The normalized spacial score (nSPS) is 19.5. The van der Waals surface area contributed by atoms with Gasteiger partial charge < -0.3 is 24.3 Å². The molecule has 2 aromatic rings. The van der Waals surface area contributed by atoms with Gasteiger partial charge in [-0.05, 0) is 6.07 Å². The van der Waals surface area contributed by atoms with Crippen LogP contribution in [0.2, 0.25) is 0 Å². The summed E-state index contributed by atoms with van der Waals surface area (Å²) in [6, 6.07) is 2.17. The summed E-state index contributed by atoms with van der Waals surface area (Å²) in [5.41, 5.74) is -0.00884. The van der Waals surface area contributed by atoms with Gasteiger partial charge in [0.05, 0.1) is 32.2 Å². The molecule has 1 aliphatic rings. The van der Waals surface area contributed by atoms with Crippen LogP contribution in [0.1, 0.15) is 12.2 Å². The first-order chi connectivity index (χ1) is 13.3. The topological polar surface area (TPSA) is 91.8 Å². The quantitative estimate of drug-likeness (QED) is 0.761. The molecule has 1 aliphatic heterocycles. The molecular weight excluding hydrogens is 383 g/mol. The van der Waals surface area contributed by atoms with E-state index in [1.807, 2.05) is 0 Å². The molecule has 11 heteroatoms. The molecule has 1 saturated heterocycles. The Morgan fingerprint density at radius 2 is 1.82 bits per heavy atom. The van der Waals surface area contributed by atoms with E-state index in [9.17, 15) is 18.0 Å². The average molecular weight is 401 g/mol. The fourth-order valence-electron chi connectivity index (χ4n) is 2.92. The van der Waals surface area contributed by atoms with Gasteiger partial charge >= 0.3 is 12.1 Å². The molecule has 3 rings (SSSR count). The van der Waals surface area contributed by atoms with Gasteiger partial charge in [0.25, 0.3) is 0 Å². The summed E-state index contributed by atoms with van der Waals surface area (Å²) in [5, 5.41) is 3.13. The predicted octanol–water partition coefficient (Wildman–Crippen LogP) is 1.95. The predicted molar refractivity (Wildman–Crippen MR) is 90.5 cm³/mol. The molecule has 1 N–H and O–H groups in total. The number of hydrogen-bond donors (Lipinski definition) is 1. The second kappa shape index (κ2) is 7.66. The number of halogens is 3. The van der Waals surface area contributed by atoms with E-state index in [2.05, 4.69) is 20.0 Å². The van der Waals surface area contributed by atoms with Crippen LogP contribution in [0.4, 0.5) is 13.2 Å². The molecule has 8 nitrogen and oxygen atoms in total. The van der Waals surface area contributed by atoms with E-state index in [4.69, 9.17) is 14.2 Å². The summed E-state index contributed by atoms with van der Waals surface area (Å²) in [7, 11) is 4.02. The number of nitrogens with zero attached hydrogens (tertiary/aromatic N) is 2. The highest BCUT2D eigenvalue weighted by molar-refractivity contribution is 5.87. The first-order valence-electron chi connectivity index (χ1n) is 8.25. The Hall–Kier alpha value is -2.82. The molecule has 0 aliphatic carbocycles. The van der Waals surface area contributed by atoms with E-state index in [1.54, 1.807) is 0 Å². The van der Waals surface area contributed by atoms with Crippen LogP contribution in [-0.2, 0) is 15.7 Å². The molecule has 2 unspecified atom stereocenters. The summed E-state index contributed by atoms with van der Waals surface area (Å²) < 4.78 is 60.4. The fraction of sp³-hybridized carbons (Fsp3) is 0.471. The van der Waals surface area contributed by atoms with Crippen molar-refractivity contribution in [3.05, 3.63) is 18.0 Å². The number of fused-ring (bicyclic) bond motifs is 1. The lowest BCUT2D eigenvalue weighted by atomic mass is 10.2. The third kappa shape index (κ3) is 3.88. The third-order valence-corrected chi connectivity index (χ3v) is 4.27. The summed E-state index contributed by atoms with van der Waals surface area (Å²) in [6.45, 7) is 0.250. The number of benzene rings is 1. The maximum Gasteiger partial charge on any atom is 0.451 e. The van der Waals surface area contributed by atoms with Gasteiger partial charge in [0, 0.05) is 19.0 Å². The van der Waals surface area contributed by atoms with Crippen LogP contribution in [0.15, 0.2) is 12.1 Å². The lowest BCUT2D eigenvalue weighted by Crippen LogP contribution is -2.31.